The van der Waals surface area contributed by atoms with Crippen molar-refractivity contribution in [2.45, 2.75) is 25.7 Å². The average molecular weight is 326 g/mol. The third kappa shape index (κ3) is 4.93. The summed E-state index contributed by atoms with van der Waals surface area (Å²) in [5.41, 5.74) is 1.97. The number of H-pyrrole nitrogens is 1. The average Bonchev–Trinajstić information content (AvgIpc) is 3.17. The monoisotopic (exact) mass is 326 g/mol. The summed E-state index contributed by atoms with van der Waals surface area (Å²) in [4.78, 5) is 21.0. The van der Waals surface area contributed by atoms with Crippen LogP contribution in [0, 0.1) is 5.92 Å². The molecule has 5 heteroatoms. The van der Waals surface area contributed by atoms with Crippen molar-refractivity contribution in [1.29, 1.82) is 0 Å². The van der Waals surface area contributed by atoms with Gasteiger partial charge in [-0.05, 0) is 50.3 Å². The Labute approximate surface area is 143 Å². The summed E-state index contributed by atoms with van der Waals surface area (Å²) in [5, 5.41) is 2.94. The second-order valence-electron chi connectivity index (χ2n) is 6.53. The van der Waals surface area contributed by atoms with E-state index >= 15 is 0 Å². The van der Waals surface area contributed by atoms with Crippen LogP contribution in [0.3, 0.4) is 0 Å². The van der Waals surface area contributed by atoms with Gasteiger partial charge in [-0.1, -0.05) is 30.3 Å². The smallest absolute Gasteiger partial charge is 0.269 e. The lowest BCUT2D eigenvalue weighted by molar-refractivity contribution is 0.0939. The van der Waals surface area contributed by atoms with E-state index in [-0.39, 0.29) is 5.91 Å². The van der Waals surface area contributed by atoms with Gasteiger partial charge in [-0.15, -0.1) is 0 Å². The predicted molar refractivity (Wildman–Crippen MR) is 94.8 cm³/mol. The highest BCUT2D eigenvalue weighted by molar-refractivity contribution is 5.91. The number of likely N-dealkylation sites (tertiary alicyclic amines) is 1. The maximum absolute atomic E-state index is 11.8. The van der Waals surface area contributed by atoms with Gasteiger partial charge in [-0.25, -0.2) is 4.98 Å². The summed E-state index contributed by atoms with van der Waals surface area (Å²) in [6, 6.07) is 10.8. The zero-order chi connectivity index (χ0) is 16.6. The number of piperidine rings is 1. The van der Waals surface area contributed by atoms with Crippen molar-refractivity contribution < 1.29 is 4.79 Å². The van der Waals surface area contributed by atoms with E-state index in [2.05, 4.69) is 50.5 Å². The molecule has 2 aromatic rings. The van der Waals surface area contributed by atoms with Crippen molar-refractivity contribution in [3.63, 3.8) is 0 Å². The molecule has 0 spiro atoms. The fourth-order valence-electron chi connectivity index (χ4n) is 3.32. The first-order valence-electron chi connectivity index (χ1n) is 8.84. The van der Waals surface area contributed by atoms with Crippen molar-refractivity contribution in [1.82, 2.24) is 20.2 Å². The molecule has 3 rings (SSSR count). The minimum Gasteiger partial charge on any atom is -0.349 e. The minimum atomic E-state index is -0.0785. The number of benzene rings is 1. The van der Waals surface area contributed by atoms with Crippen molar-refractivity contribution in [3.8, 4) is 0 Å². The van der Waals surface area contributed by atoms with Gasteiger partial charge < -0.3 is 15.2 Å². The van der Waals surface area contributed by atoms with E-state index in [4.69, 9.17) is 0 Å². The van der Waals surface area contributed by atoms with Crippen LogP contribution in [0.1, 0.15) is 35.3 Å². The third-order valence-corrected chi connectivity index (χ3v) is 4.85. The lowest BCUT2D eigenvalue weighted by Crippen LogP contribution is -2.39. The molecular weight excluding hydrogens is 300 g/mol. The SMILES string of the molecule is O=C(NCCN1CCC(CCc2ccccc2)CC1)c1cnc[nH]1. The molecule has 1 aromatic heterocycles. The Hall–Kier alpha value is -2.14. The molecule has 2 heterocycles. The highest BCUT2D eigenvalue weighted by Gasteiger charge is 2.19. The predicted octanol–water partition coefficient (Wildman–Crippen LogP) is 2.48. The summed E-state index contributed by atoms with van der Waals surface area (Å²) in [5.74, 6) is 0.756. The second kappa shape index (κ2) is 8.64. The van der Waals surface area contributed by atoms with Crippen molar-refractivity contribution >= 4 is 5.91 Å². The summed E-state index contributed by atoms with van der Waals surface area (Å²) in [6.07, 6.45) is 8.07. The van der Waals surface area contributed by atoms with Crippen LogP contribution < -0.4 is 5.32 Å². The molecule has 1 aliphatic heterocycles. The number of imidazole rings is 1. The maximum atomic E-state index is 11.8. The molecular formula is C19H26N4O. The van der Waals surface area contributed by atoms with Crippen molar-refractivity contribution in [3.05, 3.63) is 54.1 Å². The van der Waals surface area contributed by atoms with Crippen LogP contribution >= 0.6 is 0 Å². The van der Waals surface area contributed by atoms with Crippen LogP contribution in [0.15, 0.2) is 42.9 Å². The van der Waals surface area contributed by atoms with Gasteiger partial charge in [0.15, 0.2) is 0 Å². The fraction of sp³-hybridized carbons (Fsp3) is 0.474. The molecule has 0 atom stereocenters. The second-order valence-corrected chi connectivity index (χ2v) is 6.53. The van der Waals surface area contributed by atoms with Gasteiger partial charge in [0.05, 0.1) is 12.5 Å². The number of carbonyl (C=O) groups excluding carboxylic acids is 1. The molecule has 24 heavy (non-hydrogen) atoms. The van der Waals surface area contributed by atoms with Crippen LogP contribution in [-0.2, 0) is 6.42 Å². The fourth-order valence-corrected chi connectivity index (χ4v) is 3.32. The molecule has 1 aromatic carbocycles. The zero-order valence-corrected chi connectivity index (χ0v) is 14.1. The molecule has 1 fully saturated rings. The molecule has 1 amide bonds. The molecule has 0 bridgehead atoms. The van der Waals surface area contributed by atoms with Crippen LogP contribution in [0.2, 0.25) is 0 Å². The summed E-state index contributed by atoms with van der Waals surface area (Å²) in [7, 11) is 0. The number of aromatic nitrogens is 2. The van der Waals surface area contributed by atoms with Crippen LogP contribution in [-0.4, -0.2) is 47.0 Å². The van der Waals surface area contributed by atoms with Gasteiger partial charge in [0, 0.05) is 13.1 Å². The van der Waals surface area contributed by atoms with Crippen LogP contribution in [0.25, 0.3) is 0 Å². The Morgan fingerprint density at radius 2 is 2.04 bits per heavy atom. The van der Waals surface area contributed by atoms with Gasteiger partial charge >= 0.3 is 0 Å². The van der Waals surface area contributed by atoms with Gasteiger partial charge in [-0.2, -0.15) is 0 Å². The highest BCUT2D eigenvalue weighted by Crippen LogP contribution is 2.22. The minimum absolute atomic E-state index is 0.0785. The Morgan fingerprint density at radius 3 is 2.75 bits per heavy atom. The number of rotatable bonds is 7. The number of hydrogen-bond acceptors (Lipinski definition) is 3. The van der Waals surface area contributed by atoms with Crippen LogP contribution in [0.5, 0.6) is 0 Å². The quantitative estimate of drug-likeness (QED) is 0.822. The van der Waals surface area contributed by atoms with Gasteiger partial charge in [0.25, 0.3) is 5.91 Å². The Morgan fingerprint density at radius 1 is 1.25 bits per heavy atom. The summed E-state index contributed by atoms with van der Waals surface area (Å²) in [6.45, 7) is 3.89. The number of amides is 1. The molecule has 1 saturated heterocycles. The largest absolute Gasteiger partial charge is 0.349 e. The molecule has 0 saturated carbocycles. The van der Waals surface area contributed by atoms with E-state index in [1.165, 1.54) is 37.6 Å². The van der Waals surface area contributed by atoms with Crippen molar-refractivity contribution in [2.75, 3.05) is 26.2 Å². The van der Waals surface area contributed by atoms with Gasteiger partial charge in [0.2, 0.25) is 0 Å². The molecule has 0 aliphatic carbocycles. The van der Waals surface area contributed by atoms with Gasteiger partial charge in [0.1, 0.15) is 5.69 Å². The number of carbonyl (C=O) groups is 1. The number of nitrogens with one attached hydrogen (secondary N) is 2. The van der Waals surface area contributed by atoms with E-state index in [9.17, 15) is 4.79 Å². The topological polar surface area (TPSA) is 61.0 Å². The Kier molecular flexibility index (Phi) is 6.01. The van der Waals surface area contributed by atoms with E-state index in [1.807, 2.05) is 0 Å². The molecule has 1 aliphatic rings. The van der Waals surface area contributed by atoms with E-state index in [0.29, 0.717) is 12.2 Å². The molecule has 0 unspecified atom stereocenters. The lowest BCUT2D eigenvalue weighted by atomic mass is 9.90. The summed E-state index contributed by atoms with van der Waals surface area (Å²) >= 11 is 0. The number of hydrogen-bond donors (Lipinski definition) is 2. The summed E-state index contributed by atoms with van der Waals surface area (Å²) < 4.78 is 0. The van der Waals surface area contributed by atoms with Crippen molar-refractivity contribution in [2.24, 2.45) is 5.92 Å². The molecule has 2 N–H and O–H groups in total. The standard InChI is InChI=1S/C19H26N4O/c24-19(18-14-20-15-22-18)21-10-13-23-11-8-17(9-12-23)7-6-16-4-2-1-3-5-16/h1-5,14-15,17H,6-13H2,(H,20,22)(H,21,24). The lowest BCUT2D eigenvalue weighted by Gasteiger charge is -2.32. The Balaban J connectivity index is 1.30. The van der Waals surface area contributed by atoms with Gasteiger partial charge in [-0.3, -0.25) is 4.79 Å². The van der Waals surface area contributed by atoms with E-state index in [1.54, 1.807) is 6.20 Å². The first-order valence-corrected chi connectivity index (χ1v) is 8.84. The molecule has 128 valence electrons. The third-order valence-electron chi connectivity index (χ3n) is 4.85. The number of aromatic amines is 1. The van der Waals surface area contributed by atoms with E-state index in [0.717, 1.165) is 25.6 Å². The maximum Gasteiger partial charge on any atom is 0.269 e. The number of nitrogens with zero attached hydrogens (tertiary/aromatic N) is 2. The molecule has 5 nitrogen and oxygen atoms in total. The zero-order valence-electron chi connectivity index (χ0n) is 14.1. The number of aryl methyl sites for hydroxylation is 1. The Bertz CT molecular complexity index is 604. The first kappa shape index (κ1) is 16.7. The molecule has 0 radical (unpaired) electrons. The highest BCUT2D eigenvalue weighted by atomic mass is 16.1. The first-order chi connectivity index (χ1) is 11.8. The van der Waals surface area contributed by atoms with Crippen LogP contribution in [0.4, 0.5) is 0 Å². The normalized spacial score (nSPS) is 16.2. The van der Waals surface area contributed by atoms with E-state index < -0.39 is 0 Å².